The predicted octanol–water partition coefficient (Wildman–Crippen LogP) is 0.717. The summed E-state index contributed by atoms with van der Waals surface area (Å²) in [4.78, 5) is 11.5. The molecule has 1 aromatic heterocycles. The molecule has 2 N–H and O–H groups in total. The van der Waals surface area contributed by atoms with Gasteiger partial charge in [-0.3, -0.25) is 4.79 Å². The van der Waals surface area contributed by atoms with Gasteiger partial charge in [-0.25, -0.2) is 0 Å². The van der Waals surface area contributed by atoms with Crippen LogP contribution >= 0.6 is 0 Å². The van der Waals surface area contributed by atoms with Crippen LogP contribution in [0.15, 0.2) is 16.7 Å². The lowest BCUT2D eigenvalue weighted by Gasteiger charge is -2.04. The van der Waals surface area contributed by atoms with Crippen LogP contribution < -0.4 is 5.32 Å². The summed E-state index contributed by atoms with van der Waals surface area (Å²) >= 11 is 0. The second-order valence-corrected chi connectivity index (χ2v) is 3.38. The highest BCUT2D eigenvalue weighted by molar-refractivity contribution is 5.92. The highest BCUT2D eigenvalue weighted by Crippen LogP contribution is 2.07. The lowest BCUT2D eigenvalue weighted by atomic mass is 10.2. The number of furan rings is 1. The van der Waals surface area contributed by atoms with Gasteiger partial charge in [0.05, 0.1) is 19.5 Å². The number of aryl methyl sites for hydroxylation is 1. The lowest BCUT2D eigenvalue weighted by Crippen LogP contribution is -2.25. The molecule has 0 atom stereocenters. The molecule has 0 fully saturated rings. The normalized spacial score (nSPS) is 10.4. The van der Waals surface area contributed by atoms with Crippen LogP contribution in [0.5, 0.6) is 0 Å². The van der Waals surface area contributed by atoms with Crippen LogP contribution in [0, 0.1) is 6.92 Å². The van der Waals surface area contributed by atoms with E-state index in [-0.39, 0.29) is 12.5 Å². The van der Waals surface area contributed by atoms with Crippen LogP contribution in [0.2, 0.25) is 0 Å². The van der Waals surface area contributed by atoms with Crippen molar-refractivity contribution < 1.29 is 19.1 Å². The Kier molecular flexibility index (Phi) is 5.60. The van der Waals surface area contributed by atoms with E-state index in [4.69, 9.17) is 14.3 Å². The third-order valence-corrected chi connectivity index (χ3v) is 2.05. The molecular formula is C11H17NO4. The van der Waals surface area contributed by atoms with E-state index < -0.39 is 0 Å². The lowest BCUT2D eigenvalue weighted by molar-refractivity contribution is 0.0855. The van der Waals surface area contributed by atoms with Gasteiger partial charge < -0.3 is 19.6 Å². The van der Waals surface area contributed by atoms with Crippen molar-refractivity contribution in [2.75, 3.05) is 26.4 Å². The van der Waals surface area contributed by atoms with Gasteiger partial charge in [-0.1, -0.05) is 0 Å². The number of nitrogens with one attached hydrogen (secondary N) is 1. The van der Waals surface area contributed by atoms with Crippen LogP contribution in [0.3, 0.4) is 0 Å². The molecule has 0 aliphatic carbocycles. The number of hydrogen-bond donors (Lipinski definition) is 2. The zero-order valence-corrected chi connectivity index (χ0v) is 9.36. The van der Waals surface area contributed by atoms with E-state index in [1.807, 2.05) is 6.92 Å². The molecule has 0 bridgehead atoms. The summed E-state index contributed by atoms with van der Waals surface area (Å²) < 4.78 is 10.1. The zero-order valence-electron chi connectivity index (χ0n) is 9.36. The van der Waals surface area contributed by atoms with Gasteiger partial charge in [0, 0.05) is 18.7 Å². The van der Waals surface area contributed by atoms with Gasteiger partial charge in [-0.2, -0.15) is 0 Å². The molecule has 0 unspecified atom stereocenters. The van der Waals surface area contributed by atoms with Gasteiger partial charge in [-0.05, 0) is 19.4 Å². The quantitative estimate of drug-likeness (QED) is 0.673. The van der Waals surface area contributed by atoms with Crippen LogP contribution in [0.1, 0.15) is 22.5 Å². The van der Waals surface area contributed by atoms with E-state index in [0.717, 1.165) is 5.56 Å². The van der Waals surface area contributed by atoms with Crippen molar-refractivity contribution in [1.29, 1.82) is 0 Å². The maximum absolute atomic E-state index is 11.5. The molecule has 0 saturated heterocycles. The molecule has 1 heterocycles. The summed E-state index contributed by atoms with van der Waals surface area (Å²) in [6.45, 7) is 3.24. The molecule has 1 aromatic rings. The van der Waals surface area contributed by atoms with E-state index >= 15 is 0 Å². The second-order valence-electron chi connectivity index (χ2n) is 3.38. The molecular weight excluding hydrogens is 210 g/mol. The highest BCUT2D eigenvalue weighted by atomic mass is 16.5. The minimum atomic E-state index is -0.204. The molecule has 90 valence electrons. The summed E-state index contributed by atoms with van der Waals surface area (Å²) in [6, 6.07) is 1.75. The first kappa shape index (κ1) is 12.7. The molecule has 1 amide bonds. The zero-order chi connectivity index (χ0) is 11.8. The first-order valence-electron chi connectivity index (χ1n) is 5.26. The average molecular weight is 227 g/mol. The first-order valence-corrected chi connectivity index (χ1v) is 5.26. The Labute approximate surface area is 94.4 Å². The fourth-order valence-corrected chi connectivity index (χ4v) is 1.23. The number of ether oxygens (including phenoxy) is 1. The molecule has 0 saturated carbocycles. The van der Waals surface area contributed by atoms with Crippen molar-refractivity contribution in [3.63, 3.8) is 0 Å². The number of hydrogen-bond acceptors (Lipinski definition) is 4. The highest BCUT2D eigenvalue weighted by Gasteiger charge is 2.10. The standard InChI is InChI=1S/C11H17NO4/c1-9-3-7-16-10(9)11(14)12-4-2-6-15-8-5-13/h3,7,13H,2,4-6,8H2,1H3,(H,12,14). The molecule has 0 aliphatic rings. The predicted molar refractivity (Wildman–Crippen MR) is 58.3 cm³/mol. The molecule has 5 nitrogen and oxygen atoms in total. The first-order chi connectivity index (χ1) is 7.75. The minimum absolute atomic E-state index is 0.0257. The summed E-state index contributed by atoms with van der Waals surface area (Å²) in [5, 5.41) is 11.2. The Morgan fingerprint density at radius 2 is 2.38 bits per heavy atom. The summed E-state index contributed by atoms with van der Waals surface area (Å²) in [5.41, 5.74) is 0.828. The monoisotopic (exact) mass is 227 g/mol. The van der Waals surface area contributed by atoms with Crippen molar-refractivity contribution >= 4 is 5.91 Å². The van der Waals surface area contributed by atoms with E-state index in [2.05, 4.69) is 5.32 Å². The summed E-state index contributed by atoms with van der Waals surface area (Å²) in [6.07, 6.45) is 2.21. The molecule has 5 heteroatoms. The number of amides is 1. The molecule has 0 aliphatic heterocycles. The number of aliphatic hydroxyl groups is 1. The Bertz CT molecular complexity index is 322. The van der Waals surface area contributed by atoms with Gasteiger partial charge in [0.25, 0.3) is 5.91 Å². The Hall–Kier alpha value is -1.33. The van der Waals surface area contributed by atoms with Crippen molar-refractivity contribution in [1.82, 2.24) is 5.32 Å². The fraction of sp³-hybridized carbons (Fsp3) is 0.545. The maximum Gasteiger partial charge on any atom is 0.287 e. The van der Waals surface area contributed by atoms with Gasteiger partial charge in [0.15, 0.2) is 5.76 Å². The van der Waals surface area contributed by atoms with Crippen LogP contribution in [0.25, 0.3) is 0 Å². The summed E-state index contributed by atoms with van der Waals surface area (Å²) in [5.74, 6) is 0.154. The van der Waals surface area contributed by atoms with E-state index in [0.29, 0.717) is 31.9 Å². The van der Waals surface area contributed by atoms with Crippen LogP contribution in [-0.4, -0.2) is 37.4 Å². The Balaban J connectivity index is 2.14. The van der Waals surface area contributed by atoms with Crippen molar-refractivity contribution in [3.05, 3.63) is 23.7 Å². The fourth-order valence-electron chi connectivity index (χ4n) is 1.23. The van der Waals surface area contributed by atoms with Crippen LogP contribution in [0.4, 0.5) is 0 Å². The number of rotatable bonds is 7. The van der Waals surface area contributed by atoms with E-state index in [9.17, 15) is 4.79 Å². The van der Waals surface area contributed by atoms with Crippen molar-refractivity contribution in [3.8, 4) is 0 Å². The van der Waals surface area contributed by atoms with Gasteiger partial charge >= 0.3 is 0 Å². The van der Waals surface area contributed by atoms with E-state index in [1.54, 1.807) is 6.07 Å². The van der Waals surface area contributed by atoms with Crippen LogP contribution in [-0.2, 0) is 4.74 Å². The molecule has 0 spiro atoms. The molecule has 0 aromatic carbocycles. The topological polar surface area (TPSA) is 71.7 Å². The third kappa shape index (κ3) is 4.04. The average Bonchev–Trinajstić information content (AvgIpc) is 2.69. The maximum atomic E-state index is 11.5. The largest absolute Gasteiger partial charge is 0.459 e. The third-order valence-electron chi connectivity index (χ3n) is 2.05. The van der Waals surface area contributed by atoms with Gasteiger partial charge in [0.1, 0.15) is 0 Å². The van der Waals surface area contributed by atoms with Gasteiger partial charge in [-0.15, -0.1) is 0 Å². The van der Waals surface area contributed by atoms with E-state index in [1.165, 1.54) is 6.26 Å². The molecule has 0 radical (unpaired) electrons. The van der Waals surface area contributed by atoms with Crippen molar-refractivity contribution in [2.45, 2.75) is 13.3 Å². The Morgan fingerprint density at radius 1 is 1.56 bits per heavy atom. The number of carbonyl (C=O) groups is 1. The second kappa shape index (κ2) is 7.03. The van der Waals surface area contributed by atoms with Gasteiger partial charge in [0.2, 0.25) is 0 Å². The smallest absolute Gasteiger partial charge is 0.287 e. The number of carbonyl (C=O) groups excluding carboxylic acids is 1. The SMILES string of the molecule is Cc1ccoc1C(=O)NCCCOCCO. The van der Waals surface area contributed by atoms with Crippen molar-refractivity contribution in [2.24, 2.45) is 0 Å². The minimum Gasteiger partial charge on any atom is -0.459 e. The number of aliphatic hydroxyl groups excluding tert-OH is 1. The molecule has 16 heavy (non-hydrogen) atoms. The Morgan fingerprint density at radius 3 is 3.00 bits per heavy atom. The summed E-state index contributed by atoms with van der Waals surface area (Å²) in [7, 11) is 0. The molecule has 1 rings (SSSR count).